The van der Waals surface area contributed by atoms with Crippen molar-refractivity contribution in [1.82, 2.24) is 0 Å². The number of aliphatic hydroxyl groups is 1. The van der Waals surface area contributed by atoms with Crippen molar-refractivity contribution in [2.45, 2.75) is 97.7 Å². The van der Waals surface area contributed by atoms with Crippen LogP contribution in [0.1, 0.15) is 86.0 Å². The lowest BCUT2D eigenvalue weighted by Crippen LogP contribution is -2.63. The minimum Gasteiger partial charge on any atom is -0.434 e. The molecule has 0 aromatic carbocycles. The van der Waals surface area contributed by atoms with Crippen LogP contribution in [0.4, 0.5) is 9.59 Å². The number of ketones is 2. The molecule has 4 aliphatic rings. The number of hydrogen-bond donors (Lipinski definition) is 1. The van der Waals surface area contributed by atoms with Gasteiger partial charge in [-0.15, -0.1) is 0 Å². The first-order chi connectivity index (χ1) is 19.4. The van der Waals surface area contributed by atoms with Crippen molar-refractivity contribution >= 4 is 23.9 Å². The highest BCUT2D eigenvalue weighted by Crippen LogP contribution is 2.68. The highest BCUT2D eigenvalue weighted by atomic mass is 16.7. The lowest BCUT2D eigenvalue weighted by atomic mass is 9.46. The van der Waals surface area contributed by atoms with Gasteiger partial charge in [0.2, 0.25) is 5.78 Å². The second-order valence-corrected chi connectivity index (χ2v) is 12.9. The minimum atomic E-state index is -1.63. The van der Waals surface area contributed by atoms with E-state index in [0.717, 1.165) is 31.3 Å². The summed E-state index contributed by atoms with van der Waals surface area (Å²) in [5.41, 5.74) is -1.97. The van der Waals surface area contributed by atoms with E-state index < -0.39 is 47.2 Å². The van der Waals surface area contributed by atoms with E-state index in [1.54, 1.807) is 12.2 Å². The van der Waals surface area contributed by atoms with Gasteiger partial charge in [-0.1, -0.05) is 59.1 Å². The van der Waals surface area contributed by atoms with E-state index >= 15 is 0 Å². The largest absolute Gasteiger partial charge is 0.509 e. The zero-order valence-electron chi connectivity index (χ0n) is 25.1. The predicted octanol–water partition coefficient (Wildman–Crippen LogP) is 5.73. The Kier molecular flexibility index (Phi) is 9.36. The maximum atomic E-state index is 14.0. The second kappa shape index (κ2) is 12.3. The lowest BCUT2D eigenvalue weighted by molar-refractivity contribution is -0.184. The molecule has 9 heteroatoms. The Morgan fingerprint density at radius 2 is 1.85 bits per heavy atom. The van der Waals surface area contributed by atoms with Crippen molar-refractivity contribution in [3.05, 3.63) is 23.8 Å². The van der Waals surface area contributed by atoms with Gasteiger partial charge in [0.15, 0.2) is 18.0 Å². The van der Waals surface area contributed by atoms with Crippen molar-refractivity contribution in [3.8, 4) is 0 Å². The summed E-state index contributed by atoms with van der Waals surface area (Å²) in [6.07, 6.45) is 7.41. The number of carbonyl (C=O) groups is 4. The fraction of sp³-hybridized carbons (Fsp3) is 0.750. The molecule has 0 aromatic heterocycles. The van der Waals surface area contributed by atoms with Crippen LogP contribution in [0.15, 0.2) is 23.8 Å². The molecular weight excluding hydrogens is 528 g/mol. The lowest BCUT2D eigenvalue weighted by Gasteiger charge is -2.59. The summed E-state index contributed by atoms with van der Waals surface area (Å²) in [6, 6.07) is 0. The second-order valence-electron chi connectivity index (χ2n) is 12.9. The number of carbonyl (C=O) groups excluding carboxylic acids is 4. The van der Waals surface area contributed by atoms with Crippen LogP contribution in [0, 0.1) is 34.5 Å². The van der Waals surface area contributed by atoms with Gasteiger partial charge in [-0.2, -0.15) is 0 Å². The third-order valence-electron chi connectivity index (χ3n) is 10.5. The molecule has 0 heterocycles. The average molecular weight is 575 g/mol. The monoisotopic (exact) mass is 574 g/mol. The van der Waals surface area contributed by atoms with Gasteiger partial charge in [0.1, 0.15) is 0 Å². The molecule has 4 aliphatic carbocycles. The molecule has 3 fully saturated rings. The van der Waals surface area contributed by atoms with Crippen molar-refractivity contribution < 1.29 is 43.2 Å². The van der Waals surface area contributed by atoms with E-state index in [4.69, 9.17) is 18.9 Å². The highest BCUT2D eigenvalue weighted by Gasteiger charge is 2.70. The Hall–Kier alpha value is -2.68. The summed E-state index contributed by atoms with van der Waals surface area (Å²) in [7, 11) is 0. The summed E-state index contributed by atoms with van der Waals surface area (Å²) in [4.78, 5) is 51.3. The first-order valence-electron chi connectivity index (χ1n) is 15.2. The SMILES string of the molecule is CCCCOC(=O)OCC(=O)[C@@]1(OC(=O)OCC(C)CC)CC[C@H]2[C@@H]3CCC4=CC(=O)C=C[C@]4(C)[C@H]3C(O)C[C@@]21C. The molecule has 0 bridgehead atoms. The summed E-state index contributed by atoms with van der Waals surface area (Å²) in [5, 5.41) is 11.7. The first kappa shape index (κ1) is 31.3. The van der Waals surface area contributed by atoms with Gasteiger partial charge in [-0.3, -0.25) is 9.59 Å². The number of fused-ring (bicyclic) bond motifs is 5. The fourth-order valence-electron chi connectivity index (χ4n) is 8.08. The summed E-state index contributed by atoms with van der Waals surface area (Å²) in [6.45, 7) is 9.65. The molecule has 8 atom stereocenters. The molecule has 3 saturated carbocycles. The molecule has 228 valence electrons. The van der Waals surface area contributed by atoms with E-state index in [1.807, 2.05) is 33.8 Å². The van der Waals surface area contributed by atoms with Gasteiger partial charge in [0.05, 0.1) is 19.3 Å². The Balaban J connectivity index is 1.62. The predicted molar refractivity (Wildman–Crippen MR) is 150 cm³/mol. The molecule has 0 aliphatic heterocycles. The molecule has 0 saturated heterocycles. The van der Waals surface area contributed by atoms with Gasteiger partial charge < -0.3 is 24.1 Å². The van der Waals surface area contributed by atoms with Crippen LogP contribution >= 0.6 is 0 Å². The summed E-state index contributed by atoms with van der Waals surface area (Å²) >= 11 is 0. The van der Waals surface area contributed by atoms with Gasteiger partial charge in [-0.25, -0.2) is 9.59 Å². The van der Waals surface area contributed by atoms with Crippen LogP contribution in [0.2, 0.25) is 0 Å². The van der Waals surface area contributed by atoms with Crippen molar-refractivity contribution in [1.29, 1.82) is 0 Å². The van der Waals surface area contributed by atoms with E-state index in [1.165, 1.54) is 0 Å². The van der Waals surface area contributed by atoms with Crippen LogP contribution in [0.5, 0.6) is 0 Å². The van der Waals surface area contributed by atoms with Crippen molar-refractivity contribution in [3.63, 3.8) is 0 Å². The smallest absolute Gasteiger partial charge is 0.434 e. The number of Topliss-reactive ketones (excluding diaryl/α,β-unsaturated/α-hetero) is 1. The standard InChI is InChI=1S/C32H46O9/c1-6-8-15-38-28(36)40-19-26(35)32(41-29(37)39-18-20(3)7-2)14-12-24-23-10-9-21-16-22(33)11-13-30(21,4)27(23)25(34)17-31(24,32)5/h11,13,16,20,23-25,27,34H,6-10,12,14-15,17-19H2,1-5H3/t20?,23-,24-,25?,27+,30-,31-,32-/m0/s1. The maximum absolute atomic E-state index is 14.0. The Labute approximate surface area is 243 Å². The zero-order valence-corrected chi connectivity index (χ0v) is 25.1. The molecule has 4 rings (SSSR count). The van der Waals surface area contributed by atoms with Crippen LogP contribution < -0.4 is 0 Å². The fourth-order valence-corrected chi connectivity index (χ4v) is 8.08. The molecule has 1 N–H and O–H groups in total. The number of unbranched alkanes of at least 4 members (excludes halogenated alkanes) is 1. The minimum absolute atomic E-state index is 0.0333. The summed E-state index contributed by atoms with van der Waals surface area (Å²) < 4.78 is 21.7. The van der Waals surface area contributed by atoms with E-state index in [9.17, 15) is 24.3 Å². The molecule has 2 unspecified atom stereocenters. The number of aliphatic hydroxyl groups excluding tert-OH is 1. The molecule has 41 heavy (non-hydrogen) atoms. The van der Waals surface area contributed by atoms with Crippen LogP contribution in [0.25, 0.3) is 0 Å². The summed E-state index contributed by atoms with van der Waals surface area (Å²) in [5.74, 6) is -0.583. The van der Waals surface area contributed by atoms with Gasteiger partial charge >= 0.3 is 12.3 Å². The molecular formula is C32H46O9. The Bertz CT molecular complexity index is 1090. The molecule has 0 aromatic rings. The number of hydrogen-bond acceptors (Lipinski definition) is 9. The van der Waals surface area contributed by atoms with Crippen molar-refractivity contribution in [2.75, 3.05) is 19.8 Å². The van der Waals surface area contributed by atoms with Gasteiger partial charge in [0, 0.05) is 16.7 Å². The third-order valence-corrected chi connectivity index (χ3v) is 10.5. The van der Waals surface area contributed by atoms with Crippen molar-refractivity contribution in [2.24, 2.45) is 34.5 Å². The van der Waals surface area contributed by atoms with Crippen LogP contribution in [-0.4, -0.2) is 60.5 Å². The quantitative estimate of drug-likeness (QED) is 0.257. The topological polar surface area (TPSA) is 125 Å². The van der Waals surface area contributed by atoms with E-state index in [0.29, 0.717) is 12.8 Å². The number of ether oxygens (including phenoxy) is 4. The molecule has 0 spiro atoms. The Morgan fingerprint density at radius 1 is 1.10 bits per heavy atom. The van der Waals surface area contributed by atoms with Gasteiger partial charge in [-0.05, 0) is 68.4 Å². The van der Waals surface area contributed by atoms with E-state index in [2.05, 4.69) is 6.92 Å². The third kappa shape index (κ3) is 5.71. The van der Waals surface area contributed by atoms with Crippen LogP contribution in [-0.2, 0) is 28.5 Å². The average Bonchev–Trinajstić information content (AvgIpc) is 3.22. The normalized spacial score (nSPS) is 36.2. The maximum Gasteiger partial charge on any atom is 0.509 e. The Morgan fingerprint density at radius 3 is 2.56 bits per heavy atom. The molecule has 0 amide bonds. The molecule has 9 nitrogen and oxygen atoms in total. The highest BCUT2D eigenvalue weighted by molar-refractivity contribution is 6.01. The van der Waals surface area contributed by atoms with Gasteiger partial charge in [0.25, 0.3) is 0 Å². The zero-order chi connectivity index (χ0) is 30.0. The first-order valence-corrected chi connectivity index (χ1v) is 15.2. The van der Waals surface area contributed by atoms with Crippen LogP contribution in [0.3, 0.4) is 0 Å². The number of allylic oxidation sites excluding steroid dienone is 4. The number of rotatable bonds is 10. The van der Waals surface area contributed by atoms with E-state index in [-0.39, 0.29) is 55.5 Å². The molecule has 0 radical (unpaired) electrons.